The maximum absolute atomic E-state index is 12.6. The van der Waals surface area contributed by atoms with Crippen LogP contribution in [0.5, 0.6) is 0 Å². The summed E-state index contributed by atoms with van der Waals surface area (Å²) >= 11 is 0. The lowest BCUT2D eigenvalue weighted by atomic mass is 10.0. The molecule has 4 heterocycles. The second kappa shape index (κ2) is 7.19. The Bertz CT molecular complexity index is 1470. The SMILES string of the molecule is Cc1ccc2oc(-c3c4c(N)n[nH]c(=O)c4nn3C3CCN(C(=O)C4CC4)CC3)c(C)c2c1. The minimum atomic E-state index is -0.384. The number of hydrogen-bond donors (Lipinski definition) is 2. The minimum absolute atomic E-state index is 0.0174. The molecule has 9 heteroatoms. The summed E-state index contributed by atoms with van der Waals surface area (Å²) in [6.07, 6.45) is 3.52. The van der Waals surface area contributed by atoms with Crippen molar-refractivity contribution in [1.29, 1.82) is 0 Å². The summed E-state index contributed by atoms with van der Waals surface area (Å²) in [5.74, 6) is 1.35. The molecule has 9 nitrogen and oxygen atoms in total. The molecule has 1 saturated carbocycles. The van der Waals surface area contributed by atoms with Crippen LogP contribution in [0, 0.1) is 19.8 Å². The average molecular weight is 447 g/mol. The monoisotopic (exact) mass is 446 g/mol. The number of nitrogens with zero attached hydrogens (tertiary/aromatic N) is 4. The summed E-state index contributed by atoms with van der Waals surface area (Å²) < 4.78 is 8.19. The molecular weight excluding hydrogens is 420 g/mol. The van der Waals surface area contributed by atoms with E-state index >= 15 is 0 Å². The van der Waals surface area contributed by atoms with E-state index < -0.39 is 0 Å². The van der Waals surface area contributed by atoms with Crippen LogP contribution in [0.3, 0.4) is 0 Å². The molecule has 170 valence electrons. The molecule has 1 aliphatic carbocycles. The van der Waals surface area contributed by atoms with E-state index in [-0.39, 0.29) is 34.8 Å². The normalized spacial score (nSPS) is 17.3. The summed E-state index contributed by atoms with van der Waals surface area (Å²) in [7, 11) is 0. The van der Waals surface area contributed by atoms with Crippen LogP contribution >= 0.6 is 0 Å². The zero-order valence-electron chi connectivity index (χ0n) is 18.7. The van der Waals surface area contributed by atoms with E-state index in [2.05, 4.69) is 16.3 Å². The zero-order chi connectivity index (χ0) is 22.9. The lowest BCUT2D eigenvalue weighted by Crippen LogP contribution is -2.40. The van der Waals surface area contributed by atoms with E-state index in [1.165, 1.54) is 0 Å². The molecule has 1 amide bonds. The van der Waals surface area contributed by atoms with Crippen LogP contribution in [-0.4, -0.2) is 43.9 Å². The molecule has 33 heavy (non-hydrogen) atoms. The van der Waals surface area contributed by atoms with Crippen LogP contribution in [0.4, 0.5) is 5.82 Å². The predicted octanol–water partition coefficient (Wildman–Crippen LogP) is 3.31. The minimum Gasteiger partial charge on any atom is -0.454 e. The maximum atomic E-state index is 12.6. The van der Waals surface area contributed by atoms with Crippen molar-refractivity contribution in [3.63, 3.8) is 0 Å². The Morgan fingerprint density at radius 2 is 1.94 bits per heavy atom. The van der Waals surface area contributed by atoms with Gasteiger partial charge in [-0.15, -0.1) is 0 Å². The number of aromatic nitrogens is 4. The zero-order valence-corrected chi connectivity index (χ0v) is 18.7. The molecule has 2 fully saturated rings. The fourth-order valence-corrected chi connectivity index (χ4v) is 5.02. The number of fused-ring (bicyclic) bond motifs is 2. The largest absolute Gasteiger partial charge is 0.454 e. The summed E-state index contributed by atoms with van der Waals surface area (Å²) in [4.78, 5) is 27.1. The van der Waals surface area contributed by atoms with E-state index in [0.29, 0.717) is 29.9 Å². The number of hydrogen-bond acceptors (Lipinski definition) is 6. The van der Waals surface area contributed by atoms with Crippen LogP contribution in [0.2, 0.25) is 0 Å². The van der Waals surface area contributed by atoms with E-state index in [9.17, 15) is 9.59 Å². The van der Waals surface area contributed by atoms with Gasteiger partial charge in [-0.3, -0.25) is 14.3 Å². The van der Waals surface area contributed by atoms with Gasteiger partial charge < -0.3 is 15.1 Å². The van der Waals surface area contributed by atoms with Gasteiger partial charge in [0.15, 0.2) is 17.1 Å². The van der Waals surface area contributed by atoms with Gasteiger partial charge in [0.1, 0.15) is 11.3 Å². The Labute approximate surface area is 189 Å². The Hall–Kier alpha value is -3.62. The van der Waals surface area contributed by atoms with E-state index in [4.69, 9.17) is 15.2 Å². The number of rotatable bonds is 3. The predicted molar refractivity (Wildman–Crippen MR) is 125 cm³/mol. The summed E-state index contributed by atoms with van der Waals surface area (Å²) in [6, 6.07) is 6.08. The first-order chi connectivity index (χ1) is 15.9. The summed E-state index contributed by atoms with van der Waals surface area (Å²) in [6.45, 7) is 5.41. The number of carbonyl (C=O) groups excluding carboxylic acids is 1. The Balaban J connectivity index is 1.49. The highest BCUT2D eigenvalue weighted by Crippen LogP contribution is 2.41. The molecule has 0 bridgehead atoms. The number of nitrogen functional groups attached to an aromatic ring is 1. The van der Waals surface area contributed by atoms with Gasteiger partial charge in [-0.1, -0.05) is 11.6 Å². The number of furan rings is 1. The number of anilines is 1. The number of benzene rings is 1. The van der Waals surface area contributed by atoms with Crippen LogP contribution in [-0.2, 0) is 4.79 Å². The molecule has 0 radical (unpaired) electrons. The van der Waals surface area contributed by atoms with Gasteiger partial charge in [-0.25, -0.2) is 5.10 Å². The number of aryl methyl sites for hydroxylation is 2. The lowest BCUT2D eigenvalue weighted by molar-refractivity contribution is -0.133. The smallest absolute Gasteiger partial charge is 0.292 e. The van der Waals surface area contributed by atoms with Gasteiger partial charge in [-0.05, 0) is 51.7 Å². The molecule has 4 aromatic rings. The van der Waals surface area contributed by atoms with Crippen molar-refractivity contribution in [2.75, 3.05) is 18.8 Å². The number of nitrogens with two attached hydrogens (primary N) is 1. The number of amides is 1. The van der Waals surface area contributed by atoms with Crippen LogP contribution in [0.1, 0.15) is 42.9 Å². The number of nitrogens with one attached hydrogen (secondary N) is 1. The van der Waals surface area contributed by atoms with Gasteiger partial charge in [0.05, 0.1) is 11.4 Å². The number of H-pyrrole nitrogens is 1. The van der Waals surface area contributed by atoms with Gasteiger partial charge in [0.25, 0.3) is 5.56 Å². The fourth-order valence-electron chi connectivity index (χ4n) is 5.02. The third-order valence-electron chi connectivity index (χ3n) is 7.01. The van der Waals surface area contributed by atoms with Gasteiger partial charge in [0.2, 0.25) is 5.91 Å². The van der Waals surface area contributed by atoms with Crippen molar-refractivity contribution >= 4 is 33.6 Å². The molecule has 0 unspecified atom stereocenters. The second-order valence-electron chi connectivity index (χ2n) is 9.34. The molecule has 1 aromatic carbocycles. The van der Waals surface area contributed by atoms with Crippen LogP contribution in [0.25, 0.3) is 33.3 Å². The van der Waals surface area contributed by atoms with Gasteiger partial charge in [-0.2, -0.15) is 10.2 Å². The number of likely N-dealkylation sites (tertiary alicyclic amines) is 1. The number of carbonyl (C=O) groups is 1. The topological polar surface area (TPSA) is 123 Å². The highest BCUT2D eigenvalue weighted by Gasteiger charge is 2.36. The third kappa shape index (κ3) is 3.13. The Morgan fingerprint density at radius 3 is 2.67 bits per heavy atom. The average Bonchev–Trinajstić information content (AvgIpc) is 3.52. The highest BCUT2D eigenvalue weighted by atomic mass is 16.3. The van der Waals surface area contributed by atoms with Crippen molar-refractivity contribution in [2.45, 2.75) is 45.6 Å². The molecule has 0 spiro atoms. The van der Waals surface area contributed by atoms with Crippen LogP contribution in [0.15, 0.2) is 27.4 Å². The van der Waals surface area contributed by atoms with Gasteiger partial charge >= 0.3 is 0 Å². The van der Waals surface area contributed by atoms with Crippen molar-refractivity contribution in [3.8, 4) is 11.5 Å². The number of piperidine rings is 1. The van der Waals surface area contributed by atoms with Crippen molar-refractivity contribution in [2.24, 2.45) is 5.92 Å². The van der Waals surface area contributed by atoms with Crippen LogP contribution < -0.4 is 11.3 Å². The van der Waals surface area contributed by atoms with Crippen molar-refractivity contribution < 1.29 is 9.21 Å². The summed E-state index contributed by atoms with van der Waals surface area (Å²) in [5.41, 5.74) is 9.68. The quantitative estimate of drug-likeness (QED) is 0.498. The van der Waals surface area contributed by atoms with E-state index in [0.717, 1.165) is 47.8 Å². The molecule has 6 rings (SSSR count). The van der Waals surface area contributed by atoms with Crippen molar-refractivity contribution in [3.05, 3.63) is 39.7 Å². The van der Waals surface area contributed by atoms with E-state index in [1.54, 1.807) is 0 Å². The summed E-state index contributed by atoms with van der Waals surface area (Å²) in [5, 5.41) is 12.7. The first kappa shape index (κ1) is 20.0. The second-order valence-corrected chi connectivity index (χ2v) is 9.34. The maximum Gasteiger partial charge on any atom is 0.292 e. The Morgan fingerprint density at radius 1 is 1.18 bits per heavy atom. The molecular formula is C24H26N6O3. The first-order valence-corrected chi connectivity index (χ1v) is 11.5. The molecule has 1 aliphatic heterocycles. The lowest BCUT2D eigenvalue weighted by Gasteiger charge is -2.32. The fraction of sp³-hybridized carbons (Fsp3) is 0.417. The number of aromatic amines is 1. The molecule has 0 atom stereocenters. The van der Waals surface area contributed by atoms with Gasteiger partial charge in [0, 0.05) is 30.0 Å². The van der Waals surface area contributed by atoms with E-state index in [1.807, 2.05) is 35.6 Å². The molecule has 1 saturated heterocycles. The molecule has 3 aromatic heterocycles. The molecule has 3 N–H and O–H groups in total. The Kier molecular flexibility index (Phi) is 4.36. The third-order valence-corrected chi connectivity index (χ3v) is 7.01. The standard InChI is InChI=1S/C24H26N6O3/c1-12-3-6-17-16(11-12)13(2)21(33-17)20-18-19(23(31)27-26-22(18)25)28-30(20)15-7-9-29(10-8-15)24(32)14-4-5-14/h3,6,11,14-15H,4-5,7-10H2,1-2H3,(H2,25,26)(H,27,31). The highest BCUT2D eigenvalue weighted by molar-refractivity contribution is 6.01. The first-order valence-electron chi connectivity index (χ1n) is 11.5. The molecule has 2 aliphatic rings. The van der Waals surface area contributed by atoms with Crippen molar-refractivity contribution in [1.82, 2.24) is 24.9 Å².